The minimum absolute atomic E-state index is 0.129. The molecule has 0 bridgehead atoms. The standard InChI is InChI=1S/C23H35N5O2/c1-4-13-25-21-20(22(30)24-5-2)28(15-17-11-12-19(29)16(3)14-17)23(27-21)26-18-9-7-6-8-10-18/h11-12,14,18,25,29H,4-10,13,15H2,1-3H3,(H,24,30)(H,26,27). The van der Waals surface area contributed by atoms with E-state index in [0.717, 1.165) is 42.9 Å². The van der Waals surface area contributed by atoms with Crippen molar-refractivity contribution in [1.29, 1.82) is 0 Å². The molecule has 1 aliphatic carbocycles. The molecule has 0 saturated heterocycles. The summed E-state index contributed by atoms with van der Waals surface area (Å²) in [5.74, 6) is 1.50. The van der Waals surface area contributed by atoms with E-state index < -0.39 is 0 Å². The van der Waals surface area contributed by atoms with E-state index in [1.165, 1.54) is 19.3 Å². The minimum atomic E-state index is -0.129. The second-order valence-corrected chi connectivity index (χ2v) is 8.11. The Morgan fingerprint density at radius 1 is 1.23 bits per heavy atom. The fourth-order valence-corrected chi connectivity index (χ4v) is 3.99. The predicted octanol–water partition coefficient (Wildman–Crippen LogP) is 4.26. The van der Waals surface area contributed by atoms with Crippen LogP contribution in [0.25, 0.3) is 0 Å². The lowest BCUT2D eigenvalue weighted by atomic mass is 9.96. The summed E-state index contributed by atoms with van der Waals surface area (Å²) in [4.78, 5) is 17.8. The van der Waals surface area contributed by atoms with E-state index in [9.17, 15) is 9.90 Å². The van der Waals surface area contributed by atoms with Crippen LogP contribution < -0.4 is 16.0 Å². The van der Waals surface area contributed by atoms with Crippen molar-refractivity contribution >= 4 is 17.7 Å². The molecule has 0 aliphatic heterocycles. The first-order valence-electron chi connectivity index (χ1n) is 11.2. The van der Waals surface area contributed by atoms with Gasteiger partial charge in [0.05, 0.1) is 6.54 Å². The molecule has 3 rings (SSSR count). The molecule has 164 valence electrons. The number of hydrogen-bond donors (Lipinski definition) is 4. The fourth-order valence-electron chi connectivity index (χ4n) is 3.99. The molecular formula is C23H35N5O2. The summed E-state index contributed by atoms with van der Waals surface area (Å²) >= 11 is 0. The van der Waals surface area contributed by atoms with Crippen molar-refractivity contribution in [2.75, 3.05) is 23.7 Å². The molecule has 0 spiro atoms. The zero-order valence-electron chi connectivity index (χ0n) is 18.4. The maximum Gasteiger partial charge on any atom is 0.271 e. The van der Waals surface area contributed by atoms with Crippen molar-refractivity contribution in [3.05, 3.63) is 35.0 Å². The van der Waals surface area contributed by atoms with Crippen molar-refractivity contribution in [3.63, 3.8) is 0 Å². The van der Waals surface area contributed by atoms with Crippen molar-refractivity contribution < 1.29 is 9.90 Å². The number of benzene rings is 1. The van der Waals surface area contributed by atoms with E-state index >= 15 is 0 Å². The summed E-state index contributed by atoms with van der Waals surface area (Å²) in [7, 11) is 0. The number of nitrogens with zero attached hydrogens (tertiary/aromatic N) is 2. The van der Waals surface area contributed by atoms with Crippen LogP contribution in [0.2, 0.25) is 0 Å². The van der Waals surface area contributed by atoms with Crippen molar-refractivity contribution in [2.45, 2.75) is 71.9 Å². The van der Waals surface area contributed by atoms with Gasteiger partial charge in [0.25, 0.3) is 5.91 Å². The maximum atomic E-state index is 13.0. The molecule has 1 amide bonds. The molecule has 1 heterocycles. The van der Waals surface area contributed by atoms with Gasteiger partial charge < -0.3 is 21.1 Å². The number of aromatic hydroxyl groups is 1. The number of aryl methyl sites for hydroxylation is 1. The number of carbonyl (C=O) groups is 1. The van der Waals surface area contributed by atoms with Crippen LogP contribution in [0.3, 0.4) is 0 Å². The van der Waals surface area contributed by atoms with Gasteiger partial charge in [-0.3, -0.25) is 9.36 Å². The van der Waals surface area contributed by atoms with Crippen LogP contribution in [0.15, 0.2) is 18.2 Å². The number of phenolic OH excluding ortho intramolecular Hbond substituents is 1. The van der Waals surface area contributed by atoms with Gasteiger partial charge in [-0.15, -0.1) is 0 Å². The lowest BCUT2D eigenvalue weighted by molar-refractivity contribution is 0.0948. The third-order valence-electron chi connectivity index (χ3n) is 5.60. The molecule has 0 radical (unpaired) electrons. The quantitative estimate of drug-likeness (QED) is 0.493. The van der Waals surface area contributed by atoms with Gasteiger partial charge in [-0.1, -0.05) is 38.3 Å². The van der Waals surface area contributed by atoms with Crippen molar-refractivity contribution in [2.24, 2.45) is 0 Å². The van der Waals surface area contributed by atoms with E-state index in [2.05, 4.69) is 22.9 Å². The molecule has 4 N–H and O–H groups in total. The number of anilines is 2. The molecule has 0 atom stereocenters. The number of rotatable bonds is 9. The SMILES string of the molecule is CCCNc1nc(NC2CCCCC2)n(Cc2ccc(O)c(C)c2)c1C(=O)NCC. The number of carbonyl (C=O) groups excluding carboxylic acids is 1. The lowest BCUT2D eigenvalue weighted by Gasteiger charge is -2.24. The number of phenols is 1. The van der Waals surface area contributed by atoms with Crippen LogP contribution in [0.1, 0.15) is 74.0 Å². The second-order valence-electron chi connectivity index (χ2n) is 8.11. The molecule has 30 heavy (non-hydrogen) atoms. The largest absolute Gasteiger partial charge is 0.508 e. The Hall–Kier alpha value is -2.70. The third kappa shape index (κ3) is 5.26. The number of imidazole rings is 1. The monoisotopic (exact) mass is 413 g/mol. The Labute approximate surface area is 179 Å². The van der Waals surface area contributed by atoms with Gasteiger partial charge in [-0.05, 0) is 50.3 Å². The average molecular weight is 414 g/mol. The van der Waals surface area contributed by atoms with E-state index in [1.54, 1.807) is 6.07 Å². The second kappa shape index (κ2) is 10.4. The number of amides is 1. The number of aromatic nitrogens is 2. The van der Waals surface area contributed by atoms with Crippen LogP contribution in [0.5, 0.6) is 5.75 Å². The Bertz CT molecular complexity index is 856. The summed E-state index contributed by atoms with van der Waals surface area (Å²) in [6, 6.07) is 5.94. The van der Waals surface area contributed by atoms with Crippen LogP contribution >= 0.6 is 0 Å². The molecule has 0 unspecified atom stereocenters. The van der Waals surface area contributed by atoms with Crippen LogP contribution in [0, 0.1) is 6.92 Å². The first-order chi connectivity index (χ1) is 14.5. The molecule has 1 saturated carbocycles. The summed E-state index contributed by atoms with van der Waals surface area (Å²) in [6.07, 6.45) is 6.93. The topological polar surface area (TPSA) is 91.2 Å². The van der Waals surface area contributed by atoms with Gasteiger partial charge in [0.1, 0.15) is 5.75 Å². The Balaban J connectivity index is 2.01. The van der Waals surface area contributed by atoms with Crippen LogP contribution in [-0.2, 0) is 6.54 Å². The smallest absolute Gasteiger partial charge is 0.271 e. The molecule has 1 aromatic heterocycles. The van der Waals surface area contributed by atoms with Gasteiger partial charge in [-0.25, -0.2) is 0 Å². The fraction of sp³-hybridized carbons (Fsp3) is 0.565. The zero-order chi connectivity index (χ0) is 21.5. The number of nitrogens with one attached hydrogen (secondary N) is 3. The van der Waals surface area contributed by atoms with E-state index in [-0.39, 0.29) is 11.7 Å². The average Bonchev–Trinajstić information content (AvgIpc) is 3.07. The summed E-state index contributed by atoms with van der Waals surface area (Å²) < 4.78 is 1.98. The van der Waals surface area contributed by atoms with Gasteiger partial charge in [0, 0.05) is 19.1 Å². The van der Waals surface area contributed by atoms with Crippen LogP contribution in [0.4, 0.5) is 11.8 Å². The highest BCUT2D eigenvalue weighted by Crippen LogP contribution is 2.27. The molecular weight excluding hydrogens is 378 g/mol. The summed E-state index contributed by atoms with van der Waals surface area (Å²) in [6.45, 7) is 7.71. The van der Waals surface area contributed by atoms with E-state index in [1.807, 2.05) is 30.5 Å². The molecule has 2 aromatic rings. The Kier molecular flexibility index (Phi) is 7.60. The lowest BCUT2D eigenvalue weighted by Crippen LogP contribution is -2.28. The van der Waals surface area contributed by atoms with Gasteiger partial charge in [0.2, 0.25) is 5.95 Å². The van der Waals surface area contributed by atoms with Crippen molar-refractivity contribution in [1.82, 2.24) is 14.9 Å². The molecule has 7 nitrogen and oxygen atoms in total. The minimum Gasteiger partial charge on any atom is -0.508 e. The van der Waals surface area contributed by atoms with Gasteiger partial charge >= 0.3 is 0 Å². The predicted molar refractivity (Wildman–Crippen MR) is 121 cm³/mol. The normalized spacial score (nSPS) is 14.5. The van der Waals surface area contributed by atoms with Gasteiger partial charge in [-0.2, -0.15) is 4.98 Å². The summed E-state index contributed by atoms with van der Waals surface area (Å²) in [5.41, 5.74) is 2.38. The maximum absolute atomic E-state index is 13.0. The first kappa shape index (κ1) is 22.0. The highest BCUT2D eigenvalue weighted by molar-refractivity contribution is 5.98. The van der Waals surface area contributed by atoms with Gasteiger partial charge in [0.15, 0.2) is 11.5 Å². The zero-order valence-corrected chi connectivity index (χ0v) is 18.4. The van der Waals surface area contributed by atoms with E-state index in [0.29, 0.717) is 30.6 Å². The van der Waals surface area contributed by atoms with Crippen LogP contribution in [-0.4, -0.2) is 39.7 Å². The highest BCUT2D eigenvalue weighted by Gasteiger charge is 2.25. The molecule has 1 aromatic carbocycles. The Morgan fingerprint density at radius 3 is 2.67 bits per heavy atom. The first-order valence-corrected chi connectivity index (χ1v) is 11.2. The molecule has 1 fully saturated rings. The third-order valence-corrected chi connectivity index (χ3v) is 5.60. The summed E-state index contributed by atoms with van der Waals surface area (Å²) in [5, 5.41) is 19.8. The van der Waals surface area contributed by atoms with Crippen molar-refractivity contribution in [3.8, 4) is 5.75 Å². The van der Waals surface area contributed by atoms with E-state index in [4.69, 9.17) is 4.98 Å². The molecule has 7 heteroatoms. The molecule has 1 aliphatic rings. The Morgan fingerprint density at radius 2 is 2.00 bits per heavy atom. The number of hydrogen-bond acceptors (Lipinski definition) is 5. The highest BCUT2D eigenvalue weighted by atomic mass is 16.3.